The average molecular weight is 402 g/mol. The molecule has 0 bridgehead atoms. The largest absolute Gasteiger partial charge is 0.416 e. The number of carbonyl (C=O) groups is 1. The van der Waals surface area contributed by atoms with E-state index in [1.54, 1.807) is 0 Å². The molecule has 0 heterocycles. The van der Waals surface area contributed by atoms with Crippen LogP contribution in [-0.4, -0.2) is 26.6 Å². The fourth-order valence-corrected chi connectivity index (χ4v) is 3.18. The number of benzene rings is 1. The van der Waals surface area contributed by atoms with Crippen LogP contribution in [0.3, 0.4) is 0 Å². The molecule has 1 aromatic rings. The SMILES string of the molecule is CS(=O)(=O)Nc1ccc(C(F)(F)F)cc1NC(=O)C1CCC(N)C1.Cl. The first-order valence-corrected chi connectivity index (χ1v) is 9.10. The van der Waals surface area contributed by atoms with Gasteiger partial charge < -0.3 is 11.1 Å². The van der Waals surface area contributed by atoms with Gasteiger partial charge in [-0.05, 0) is 37.5 Å². The van der Waals surface area contributed by atoms with Crippen molar-refractivity contribution in [3.05, 3.63) is 23.8 Å². The number of carbonyl (C=O) groups excluding carboxylic acids is 1. The first-order valence-electron chi connectivity index (χ1n) is 7.21. The Labute approximate surface area is 149 Å². The molecule has 2 rings (SSSR count). The molecular weight excluding hydrogens is 383 g/mol. The topological polar surface area (TPSA) is 101 Å². The highest BCUT2D eigenvalue weighted by Crippen LogP contribution is 2.35. The van der Waals surface area contributed by atoms with E-state index in [1.807, 2.05) is 0 Å². The Bertz CT molecular complexity index is 741. The van der Waals surface area contributed by atoms with Crippen LogP contribution in [0.5, 0.6) is 0 Å². The van der Waals surface area contributed by atoms with Crippen molar-refractivity contribution in [1.82, 2.24) is 0 Å². The van der Waals surface area contributed by atoms with Gasteiger partial charge in [0.15, 0.2) is 0 Å². The fourth-order valence-electron chi connectivity index (χ4n) is 2.60. The van der Waals surface area contributed by atoms with Gasteiger partial charge in [0.2, 0.25) is 15.9 Å². The number of nitrogens with two attached hydrogens (primary N) is 1. The molecule has 0 aliphatic heterocycles. The summed E-state index contributed by atoms with van der Waals surface area (Å²) in [6, 6.07) is 2.31. The summed E-state index contributed by atoms with van der Waals surface area (Å²) in [6.07, 6.45) is -2.10. The van der Waals surface area contributed by atoms with Crippen LogP contribution in [0.25, 0.3) is 0 Å². The van der Waals surface area contributed by atoms with Crippen molar-refractivity contribution in [3.63, 3.8) is 0 Å². The van der Waals surface area contributed by atoms with E-state index in [4.69, 9.17) is 5.73 Å². The molecule has 1 aliphatic carbocycles. The summed E-state index contributed by atoms with van der Waals surface area (Å²) in [7, 11) is -3.71. The molecule has 1 aliphatic rings. The molecule has 11 heteroatoms. The zero-order valence-electron chi connectivity index (χ0n) is 13.3. The van der Waals surface area contributed by atoms with Crippen LogP contribution in [-0.2, 0) is 21.0 Å². The third kappa shape index (κ3) is 6.05. The number of nitrogens with one attached hydrogen (secondary N) is 2. The average Bonchev–Trinajstić information content (AvgIpc) is 2.84. The highest BCUT2D eigenvalue weighted by atomic mass is 35.5. The Morgan fingerprint density at radius 3 is 2.36 bits per heavy atom. The predicted molar refractivity (Wildman–Crippen MR) is 91.1 cm³/mol. The van der Waals surface area contributed by atoms with Crippen LogP contribution < -0.4 is 15.8 Å². The van der Waals surface area contributed by atoms with Gasteiger partial charge in [-0.2, -0.15) is 13.2 Å². The lowest BCUT2D eigenvalue weighted by atomic mass is 10.1. The molecule has 1 amide bonds. The Morgan fingerprint density at radius 1 is 1.24 bits per heavy atom. The summed E-state index contributed by atoms with van der Waals surface area (Å²) in [5.74, 6) is -0.876. The monoisotopic (exact) mass is 401 g/mol. The van der Waals surface area contributed by atoms with Gasteiger partial charge in [0, 0.05) is 12.0 Å². The summed E-state index contributed by atoms with van der Waals surface area (Å²) in [6.45, 7) is 0. The van der Waals surface area contributed by atoms with E-state index in [0.29, 0.717) is 25.3 Å². The van der Waals surface area contributed by atoms with Gasteiger partial charge >= 0.3 is 6.18 Å². The third-order valence-corrected chi connectivity index (χ3v) is 4.33. The summed E-state index contributed by atoms with van der Waals surface area (Å²) >= 11 is 0. The predicted octanol–water partition coefficient (Wildman–Crippen LogP) is 2.56. The molecule has 4 N–H and O–H groups in total. The Balaban J connectivity index is 0.00000312. The maximum absolute atomic E-state index is 12.9. The molecular formula is C14H19ClF3N3O3S. The van der Waals surface area contributed by atoms with Crippen molar-refractivity contribution in [2.24, 2.45) is 11.7 Å². The Morgan fingerprint density at radius 2 is 1.88 bits per heavy atom. The highest BCUT2D eigenvalue weighted by Gasteiger charge is 2.32. The number of rotatable bonds is 4. The van der Waals surface area contributed by atoms with Gasteiger partial charge in [-0.15, -0.1) is 12.4 Å². The van der Waals surface area contributed by atoms with E-state index in [2.05, 4.69) is 10.0 Å². The number of anilines is 2. The van der Waals surface area contributed by atoms with Gasteiger partial charge in [-0.1, -0.05) is 0 Å². The number of halogens is 4. The lowest BCUT2D eigenvalue weighted by molar-refractivity contribution is -0.137. The maximum atomic E-state index is 12.9. The summed E-state index contributed by atoms with van der Waals surface area (Å²) < 4.78 is 63.4. The number of alkyl halides is 3. The molecule has 0 radical (unpaired) electrons. The second kappa shape index (κ2) is 7.79. The quantitative estimate of drug-likeness (QED) is 0.721. The number of sulfonamides is 1. The number of hydrogen-bond donors (Lipinski definition) is 3. The minimum Gasteiger partial charge on any atom is -0.328 e. The molecule has 1 fully saturated rings. The normalized spacial score (nSPS) is 20.7. The fraction of sp³-hybridized carbons (Fsp3) is 0.500. The van der Waals surface area contributed by atoms with Crippen LogP contribution >= 0.6 is 12.4 Å². The van der Waals surface area contributed by atoms with Crippen molar-refractivity contribution in [2.45, 2.75) is 31.5 Å². The highest BCUT2D eigenvalue weighted by molar-refractivity contribution is 7.92. The van der Waals surface area contributed by atoms with Crippen LogP contribution in [0.1, 0.15) is 24.8 Å². The summed E-state index contributed by atoms with van der Waals surface area (Å²) in [4.78, 5) is 12.2. The third-order valence-electron chi connectivity index (χ3n) is 3.74. The number of hydrogen-bond acceptors (Lipinski definition) is 4. The Hall–Kier alpha value is -1.52. The first kappa shape index (κ1) is 21.5. The number of amides is 1. The molecule has 0 spiro atoms. The first-order chi connectivity index (χ1) is 11.0. The van der Waals surface area contributed by atoms with Crippen LogP contribution in [0, 0.1) is 5.92 Å². The summed E-state index contributed by atoms with van der Waals surface area (Å²) in [5, 5.41) is 2.39. The van der Waals surface area contributed by atoms with Crippen molar-refractivity contribution in [2.75, 3.05) is 16.3 Å². The smallest absolute Gasteiger partial charge is 0.328 e. The maximum Gasteiger partial charge on any atom is 0.416 e. The molecule has 0 aromatic heterocycles. The van der Waals surface area contributed by atoms with Crippen molar-refractivity contribution < 1.29 is 26.4 Å². The van der Waals surface area contributed by atoms with Gasteiger partial charge in [0.25, 0.3) is 0 Å². The second-order valence-corrected chi connectivity index (χ2v) is 7.64. The molecule has 2 atom stereocenters. The lowest BCUT2D eigenvalue weighted by Gasteiger charge is -2.17. The van der Waals surface area contributed by atoms with E-state index in [9.17, 15) is 26.4 Å². The lowest BCUT2D eigenvalue weighted by Crippen LogP contribution is -2.24. The van der Waals surface area contributed by atoms with E-state index >= 15 is 0 Å². The minimum absolute atomic E-state index is 0. The van der Waals surface area contributed by atoms with Crippen LogP contribution in [0.2, 0.25) is 0 Å². The standard InChI is InChI=1S/C14H18F3N3O3S.ClH/c1-24(22,23)20-11-5-3-9(14(15,16)17)7-12(11)19-13(21)8-2-4-10(18)6-8;/h3,5,7-8,10,20H,2,4,6,18H2,1H3,(H,19,21);1H. The molecule has 0 saturated heterocycles. The molecule has 6 nitrogen and oxygen atoms in total. The summed E-state index contributed by atoms with van der Waals surface area (Å²) in [5.41, 5.74) is 4.38. The van der Waals surface area contributed by atoms with E-state index in [0.717, 1.165) is 18.4 Å². The van der Waals surface area contributed by atoms with Crippen molar-refractivity contribution >= 4 is 39.7 Å². The van der Waals surface area contributed by atoms with Crippen LogP contribution in [0.15, 0.2) is 18.2 Å². The molecule has 1 saturated carbocycles. The molecule has 25 heavy (non-hydrogen) atoms. The van der Waals surface area contributed by atoms with E-state index < -0.39 is 33.6 Å². The Kier molecular flexibility index (Phi) is 6.71. The zero-order chi connectivity index (χ0) is 18.1. The van der Waals surface area contributed by atoms with Gasteiger partial charge in [-0.25, -0.2) is 8.42 Å². The van der Waals surface area contributed by atoms with Gasteiger partial charge in [-0.3, -0.25) is 9.52 Å². The second-order valence-electron chi connectivity index (χ2n) is 5.89. The van der Waals surface area contributed by atoms with E-state index in [1.165, 1.54) is 0 Å². The molecule has 1 aromatic carbocycles. The van der Waals surface area contributed by atoms with Crippen molar-refractivity contribution in [1.29, 1.82) is 0 Å². The van der Waals surface area contributed by atoms with Crippen molar-refractivity contribution in [3.8, 4) is 0 Å². The zero-order valence-corrected chi connectivity index (χ0v) is 14.9. The minimum atomic E-state index is -4.61. The molecule has 2 unspecified atom stereocenters. The van der Waals surface area contributed by atoms with Gasteiger partial charge in [0.1, 0.15) is 0 Å². The van der Waals surface area contributed by atoms with Crippen LogP contribution in [0.4, 0.5) is 24.5 Å². The van der Waals surface area contributed by atoms with Gasteiger partial charge in [0.05, 0.1) is 23.2 Å². The molecule has 142 valence electrons. The van der Waals surface area contributed by atoms with E-state index in [-0.39, 0.29) is 29.8 Å².